The van der Waals surface area contributed by atoms with Gasteiger partial charge in [-0.05, 0) is 34.5 Å². The van der Waals surface area contributed by atoms with E-state index in [0.717, 1.165) is 21.2 Å². The average Bonchev–Trinajstić information content (AvgIpc) is 2.91. The van der Waals surface area contributed by atoms with Gasteiger partial charge in [0.1, 0.15) is 11.3 Å². The van der Waals surface area contributed by atoms with Crippen molar-refractivity contribution < 1.29 is 8.78 Å². The molecule has 3 aromatic rings. The highest BCUT2D eigenvalue weighted by Crippen LogP contribution is 2.25. The zero-order valence-electron chi connectivity index (χ0n) is 10.2. The maximum absolute atomic E-state index is 13.6. The topological polar surface area (TPSA) is 43.8 Å². The number of aromatic nitrogens is 2. The van der Waals surface area contributed by atoms with Crippen molar-refractivity contribution in [3.8, 4) is 0 Å². The lowest BCUT2D eigenvalue weighted by Gasteiger charge is -2.05. The van der Waals surface area contributed by atoms with Crippen molar-refractivity contribution in [2.45, 2.75) is 13.0 Å². The summed E-state index contributed by atoms with van der Waals surface area (Å²) in [5.41, 5.74) is 6.29. The number of hydrogen-bond donors (Lipinski definition) is 1. The number of benzene rings is 1. The number of aryl methyl sites for hydroxylation is 2. The van der Waals surface area contributed by atoms with Crippen molar-refractivity contribution in [1.82, 2.24) is 9.55 Å². The highest BCUT2D eigenvalue weighted by atomic mass is 79.9. The number of imidazole rings is 1. The van der Waals surface area contributed by atoms with E-state index in [1.54, 1.807) is 15.9 Å². The van der Waals surface area contributed by atoms with Crippen LogP contribution in [0.5, 0.6) is 0 Å². The number of nitrogens with two attached hydrogens (primary N) is 1. The molecule has 0 aliphatic carbocycles. The summed E-state index contributed by atoms with van der Waals surface area (Å²) < 4.78 is 29.6. The molecule has 0 bridgehead atoms. The molecule has 0 saturated heterocycles. The normalized spacial score (nSPS) is 11.3. The van der Waals surface area contributed by atoms with Crippen molar-refractivity contribution in [2.24, 2.45) is 0 Å². The first kappa shape index (κ1) is 13.5. The number of nitrogen functional groups attached to an aromatic ring is 1. The van der Waals surface area contributed by atoms with E-state index in [9.17, 15) is 8.78 Å². The van der Waals surface area contributed by atoms with Crippen LogP contribution >= 0.6 is 27.3 Å². The van der Waals surface area contributed by atoms with Gasteiger partial charge in [-0.3, -0.25) is 0 Å². The second kappa shape index (κ2) is 5.14. The second-order valence-corrected chi connectivity index (χ2v) is 6.88. The van der Waals surface area contributed by atoms with Crippen molar-refractivity contribution in [3.63, 3.8) is 0 Å². The highest BCUT2D eigenvalue weighted by Gasteiger charge is 2.14. The Labute approximate surface area is 126 Å². The molecule has 0 amide bonds. The molecule has 2 aromatic heterocycles. The molecule has 0 fully saturated rings. The van der Waals surface area contributed by atoms with Gasteiger partial charge in [-0.25, -0.2) is 13.8 Å². The molecule has 0 aliphatic rings. The smallest absolute Gasteiger partial charge is 0.201 e. The Morgan fingerprint density at radius 2 is 2.10 bits per heavy atom. The van der Waals surface area contributed by atoms with Gasteiger partial charge in [0.25, 0.3) is 0 Å². The Bertz CT molecular complexity index is 781. The van der Waals surface area contributed by atoms with Gasteiger partial charge in [0.2, 0.25) is 5.95 Å². The maximum Gasteiger partial charge on any atom is 0.201 e. The van der Waals surface area contributed by atoms with Crippen LogP contribution in [0.1, 0.15) is 4.88 Å². The molecule has 0 atom stereocenters. The third-order valence-corrected chi connectivity index (χ3v) is 4.70. The summed E-state index contributed by atoms with van der Waals surface area (Å²) in [6.45, 7) is 0.526. The van der Waals surface area contributed by atoms with Gasteiger partial charge in [-0.2, -0.15) is 0 Å². The van der Waals surface area contributed by atoms with Crippen LogP contribution in [0, 0.1) is 11.6 Å². The van der Waals surface area contributed by atoms with E-state index < -0.39 is 11.6 Å². The van der Waals surface area contributed by atoms with E-state index in [-0.39, 0.29) is 11.5 Å². The van der Waals surface area contributed by atoms with Crippen LogP contribution < -0.4 is 5.73 Å². The van der Waals surface area contributed by atoms with Crippen molar-refractivity contribution in [2.75, 3.05) is 5.73 Å². The molecule has 3 rings (SSSR count). The summed E-state index contributed by atoms with van der Waals surface area (Å²) >= 11 is 5.02. The van der Waals surface area contributed by atoms with E-state index in [1.165, 1.54) is 6.07 Å². The van der Waals surface area contributed by atoms with Crippen molar-refractivity contribution in [3.05, 3.63) is 44.6 Å². The molecular formula is C13H10BrF2N3S. The molecule has 0 radical (unpaired) electrons. The minimum Gasteiger partial charge on any atom is -0.369 e. The molecule has 104 valence electrons. The van der Waals surface area contributed by atoms with E-state index in [2.05, 4.69) is 20.9 Å². The van der Waals surface area contributed by atoms with Gasteiger partial charge in [0.05, 0.1) is 9.30 Å². The first-order valence-corrected chi connectivity index (χ1v) is 7.50. The quantitative estimate of drug-likeness (QED) is 0.770. The van der Waals surface area contributed by atoms with Crippen LogP contribution in [0.15, 0.2) is 28.1 Å². The van der Waals surface area contributed by atoms with E-state index >= 15 is 0 Å². The molecule has 0 unspecified atom stereocenters. The summed E-state index contributed by atoms with van der Waals surface area (Å²) in [5, 5.41) is 0. The third-order valence-electron chi connectivity index (χ3n) is 3.01. The summed E-state index contributed by atoms with van der Waals surface area (Å²) in [6, 6.07) is 6.04. The number of anilines is 1. The van der Waals surface area contributed by atoms with Gasteiger partial charge >= 0.3 is 0 Å². The molecule has 7 heteroatoms. The fourth-order valence-corrected chi connectivity index (χ4v) is 3.58. The minimum atomic E-state index is -0.690. The fourth-order valence-electron chi connectivity index (χ4n) is 2.11. The number of halogens is 3. The SMILES string of the molecule is Nc1nc2c(F)cc(F)cc2n1CCc1ccc(Br)s1. The van der Waals surface area contributed by atoms with Gasteiger partial charge < -0.3 is 10.3 Å². The summed E-state index contributed by atoms with van der Waals surface area (Å²) in [4.78, 5) is 5.13. The molecule has 0 spiro atoms. The zero-order chi connectivity index (χ0) is 14.3. The molecule has 3 nitrogen and oxygen atoms in total. The van der Waals surface area contributed by atoms with Crippen LogP contribution in [-0.4, -0.2) is 9.55 Å². The largest absolute Gasteiger partial charge is 0.369 e. The lowest BCUT2D eigenvalue weighted by molar-refractivity contribution is 0.589. The second-order valence-electron chi connectivity index (χ2n) is 4.33. The van der Waals surface area contributed by atoms with Crippen molar-refractivity contribution >= 4 is 44.2 Å². The highest BCUT2D eigenvalue weighted by molar-refractivity contribution is 9.11. The average molecular weight is 358 g/mol. The van der Waals surface area contributed by atoms with Gasteiger partial charge in [0.15, 0.2) is 5.82 Å². The van der Waals surface area contributed by atoms with Crippen LogP contribution in [-0.2, 0) is 13.0 Å². The molecule has 0 aliphatic heterocycles. The van der Waals surface area contributed by atoms with Gasteiger partial charge in [-0.15, -0.1) is 11.3 Å². The standard InChI is InChI=1S/C13H10BrF2N3S/c14-11-2-1-8(20-11)3-4-19-10-6-7(15)5-9(16)12(10)18-13(19)17/h1-2,5-6H,3-4H2,(H2,17,18). The van der Waals surface area contributed by atoms with Crippen LogP contribution in [0.25, 0.3) is 11.0 Å². The summed E-state index contributed by atoms with van der Waals surface area (Å²) in [7, 11) is 0. The lowest BCUT2D eigenvalue weighted by atomic mass is 10.3. The van der Waals surface area contributed by atoms with Gasteiger partial charge in [0, 0.05) is 23.6 Å². The zero-order valence-corrected chi connectivity index (χ0v) is 12.6. The lowest BCUT2D eigenvalue weighted by Crippen LogP contribution is -2.05. The minimum absolute atomic E-state index is 0.108. The molecule has 2 heterocycles. The molecular weight excluding hydrogens is 348 g/mol. The Morgan fingerprint density at radius 1 is 1.30 bits per heavy atom. The van der Waals surface area contributed by atoms with E-state index in [4.69, 9.17) is 5.73 Å². The number of rotatable bonds is 3. The third kappa shape index (κ3) is 2.43. The number of fused-ring (bicyclic) bond motifs is 1. The number of hydrogen-bond acceptors (Lipinski definition) is 3. The molecule has 0 saturated carbocycles. The first-order chi connectivity index (χ1) is 9.54. The van der Waals surface area contributed by atoms with E-state index in [0.29, 0.717) is 12.1 Å². The van der Waals surface area contributed by atoms with Gasteiger partial charge in [-0.1, -0.05) is 0 Å². The Morgan fingerprint density at radius 3 is 2.80 bits per heavy atom. The first-order valence-electron chi connectivity index (χ1n) is 5.89. The number of thiophene rings is 1. The Kier molecular flexibility index (Phi) is 3.47. The molecule has 1 aromatic carbocycles. The molecule has 2 N–H and O–H groups in total. The predicted molar refractivity (Wildman–Crippen MR) is 79.8 cm³/mol. The van der Waals surface area contributed by atoms with Crippen molar-refractivity contribution in [1.29, 1.82) is 0 Å². The fraction of sp³-hybridized carbons (Fsp3) is 0.154. The summed E-state index contributed by atoms with van der Waals surface area (Å²) in [5.74, 6) is -1.13. The van der Waals surface area contributed by atoms with Crippen LogP contribution in [0.2, 0.25) is 0 Å². The van der Waals surface area contributed by atoms with E-state index in [1.807, 2.05) is 12.1 Å². The monoisotopic (exact) mass is 357 g/mol. The Hall–Kier alpha value is -1.47. The van der Waals surface area contributed by atoms with Crippen LogP contribution in [0.3, 0.4) is 0 Å². The molecule has 20 heavy (non-hydrogen) atoms. The van der Waals surface area contributed by atoms with Crippen LogP contribution in [0.4, 0.5) is 14.7 Å². The summed E-state index contributed by atoms with van der Waals surface area (Å²) in [6.07, 6.45) is 0.726. The Balaban J connectivity index is 1.96. The predicted octanol–water partition coefficient (Wildman–Crippen LogP) is 3.96. The maximum atomic E-state index is 13.6. The number of nitrogens with zero attached hydrogens (tertiary/aromatic N) is 2.